The standard InChI is InChI=1S/C14H21N3O.2ClH/c1-11-5-3-4-6-13(11)16-7-9-17(10-8-16)14(18)12(2)15;;/h3-6,12H,7-10,15H2,1-2H3;2*1H/t12-;;/m1../s1. The van der Waals surface area contributed by atoms with Crippen molar-refractivity contribution in [3.8, 4) is 0 Å². The van der Waals surface area contributed by atoms with E-state index < -0.39 is 6.04 Å². The van der Waals surface area contributed by atoms with E-state index in [-0.39, 0.29) is 30.7 Å². The van der Waals surface area contributed by atoms with Crippen molar-refractivity contribution in [3.05, 3.63) is 29.8 Å². The van der Waals surface area contributed by atoms with Gasteiger partial charge in [0.05, 0.1) is 6.04 Å². The Morgan fingerprint density at radius 3 is 2.20 bits per heavy atom. The maximum Gasteiger partial charge on any atom is 0.239 e. The Kier molecular flexibility index (Phi) is 7.94. The van der Waals surface area contributed by atoms with Crippen molar-refractivity contribution >= 4 is 36.4 Å². The van der Waals surface area contributed by atoms with Gasteiger partial charge in [-0.05, 0) is 25.5 Å². The Morgan fingerprint density at radius 2 is 1.70 bits per heavy atom. The molecule has 2 N–H and O–H groups in total. The Bertz CT molecular complexity index is 432. The van der Waals surface area contributed by atoms with Crippen molar-refractivity contribution in [3.63, 3.8) is 0 Å². The molecular formula is C14H23Cl2N3O. The topological polar surface area (TPSA) is 49.6 Å². The highest BCUT2D eigenvalue weighted by Gasteiger charge is 2.23. The smallest absolute Gasteiger partial charge is 0.239 e. The minimum atomic E-state index is -0.394. The van der Waals surface area contributed by atoms with Gasteiger partial charge in [-0.2, -0.15) is 0 Å². The van der Waals surface area contributed by atoms with Crippen LogP contribution in [0.15, 0.2) is 24.3 Å². The number of amides is 1. The zero-order valence-electron chi connectivity index (χ0n) is 11.9. The SMILES string of the molecule is Cc1ccccc1N1CCN(C(=O)[C@@H](C)N)CC1.Cl.Cl. The number of benzene rings is 1. The van der Waals surface area contributed by atoms with Crippen LogP contribution in [0.1, 0.15) is 12.5 Å². The van der Waals surface area contributed by atoms with Crippen LogP contribution in [0.3, 0.4) is 0 Å². The molecule has 1 amide bonds. The van der Waals surface area contributed by atoms with E-state index in [0.717, 1.165) is 26.2 Å². The lowest BCUT2D eigenvalue weighted by Crippen LogP contribution is -2.52. The number of aryl methyl sites for hydroxylation is 1. The van der Waals surface area contributed by atoms with E-state index in [1.54, 1.807) is 6.92 Å². The summed E-state index contributed by atoms with van der Waals surface area (Å²) in [4.78, 5) is 16.0. The van der Waals surface area contributed by atoms with Crippen LogP contribution in [-0.4, -0.2) is 43.0 Å². The summed E-state index contributed by atoms with van der Waals surface area (Å²) in [5, 5.41) is 0. The van der Waals surface area contributed by atoms with E-state index >= 15 is 0 Å². The van der Waals surface area contributed by atoms with Gasteiger partial charge >= 0.3 is 0 Å². The number of halogens is 2. The zero-order chi connectivity index (χ0) is 13.1. The molecule has 0 unspecified atom stereocenters. The number of rotatable bonds is 2. The van der Waals surface area contributed by atoms with Gasteiger partial charge in [0.1, 0.15) is 0 Å². The third-order valence-corrected chi connectivity index (χ3v) is 3.44. The molecule has 0 aliphatic carbocycles. The van der Waals surface area contributed by atoms with E-state index in [2.05, 4.69) is 36.1 Å². The van der Waals surface area contributed by atoms with Crippen LogP contribution in [0, 0.1) is 6.92 Å². The molecule has 1 fully saturated rings. The molecule has 0 saturated carbocycles. The molecular weight excluding hydrogens is 297 g/mol. The Labute approximate surface area is 133 Å². The molecule has 1 aliphatic heterocycles. The Hall–Kier alpha value is -0.970. The minimum absolute atomic E-state index is 0. The second-order valence-corrected chi connectivity index (χ2v) is 4.89. The van der Waals surface area contributed by atoms with Crippen LogP contribution < -0.4 is 10.6 Å². The Morgan fingerprint density at radius 1 is 1.15 bits per heavy atom. The first-order valence-electron chi connectivity index (χ1n) is 6.44. The first-order valence-corrected chi connectivity index (χ1v) is 6.44. The third kappa shape index (κ3) is 4.27. The normalized spacial score (nSPS) is 15.9. The highest BCUT2D eigenvalue weighted by molar-refractivity contribution is 5.85. The molecule has 0 spiro atoms. The average Bonchev–Trinajstić information content (AvgIpc) is 2.38. The molecule has 1 atom stereocenters. The summed E-state index contributed by atoms with van der Waals surface area (Å²) in [5.74, 6) is 0.0550. The van der Waals surface area contributed by atoms with Gasteiger partial charge in [0.25, 0.3) is 0 Å². The molecule has 1 aromatic carbocycles. The Balaban J connectivity index is 0.00000180. The number of piperazine rings is 1. The van der Waals surface area contributed by atoms with E-state index in [1.165, 1.54) is 11.3 Å². The molecule has 114 valence electrons. The zero-order valence-corrected chi connectivity index (χ0v) is 13.5. The van der Waals surface area contributed by atoms with E-state index in [9.17, 15) is 4.79 Å². The second kappa shape index (κ2) is 8.35. The summed E-state index contributed by atoms with van der Waals surface area (Å²) in [7, 11) is 0. The van der Waals surface area contributed by atoms with Crippen LogP contribution in [0.25, 0.3) is 0 Å². The average molecular weight is 320 g/mol. The summed E-state index contributed by atoms with van der Waals surface area (Å²) >= 11 is 0. The van der Waals surface area contributed by atoms with Crippen LogP contribution in [-0.2, 0) is 4.79 Å². The minimum Gasteiger partial charge on any atom is -0.368 e. The fraction of sp³-hybridized carbons (Fsp3) is 0.500. The largest absolute Gasteiger partial charge is 0.368 e. The number of nitrogens with zero attached hydrogens (tertiary/aromatic N) is 2. The lowest BCUT2D eigenvalue weighted by atomic mass is 10.1. The van der Waals surface area contributed by atoms with Crippen molar-refractivity contribution in [2.24, 2.45) is 5.73 Å². The molecule has 1 aliphatic rings. The van der Waals surface area contributed by atoms with Crippen molar-refractivity contribution in [1.82, 2.24) is 4.90 Å². The van der Waals surface area contributed by atoms with Gasteiger partial charge < -0.3 is 15.5 Å². The van der Waals surface area contributed by atoms with Gasteiger partial charge in [0, 0.05) is 31.9 Å². The molecule has 20 heavy (non-hydrogen) atoms. The van der Waals surface area contributed by atoms with Gasteiger partial charge in [-0.15, -0.1) is 24.8 Å². The highest BCUT2D eigenvalue weighted by Crippen LogP contribution is 2.20. The van der Waals surface area contributed by atoms with Gasteiger partial charge in [-0.25, -0.2) is 0 Å². The third-order valence-electron chi connectivity index (χ3n) is 3.44. The molecule has 1 heterocycles. The van der Waals surface area contributed by atoms with E-state index in [1.807, 2.05) is 4.90 Å². The highest BCUT2D eigenvalue weighted by atomic mass is 35.5. The van der Waals surface area contributed by atoms with Gasteiger partial charge in [-0.3, -0.25) is 4.79 Å². The lowest BCUT2D eigenvalue weighted by Gasteiger charge is -2.37. The maximum atomic E-state index is 11.8. The summed E-state index contributed by atoms with van der Waals surface area (Å²) in [6, 6.07) is 7.97. The molecule has 1 saturated heterocycles. The summed E-state index contributed by atoms with van der Waals surface area (Å²) in [6.07, 6.45) is 0. The fourth-order valence-corrected chi connectivity index (χ4v) is 2.37. The maximum absolute atomic E-state index is 11.8. The lowest BCUT2D eigenvalue weighted by molar-refractivity contribution is -0.132. The quantitative estimate of drug-likeness (QED) is 0.904. The van der Waals surface area contributed by atoms with Crippen molar-refractivity contribution in [1.29, 1.82) is 0 Å². The molecule has 1 aromatic rings. The first kappa shape index (κ1) is 19.0. The van der Waals surface area contributed by atoms with Crippen LogP contribution >= 0.6 is 24.8 Å². The van der Waals surface area contributed by atoms with E-state index in [0.29, 0.717) is 0 Å². The van der Waals surface area contributed by atoms with Crippen molar-refractivity contribution < 1.29 is 4.79 Å². The summed E-state index contributed by atoms with van der Waals surface area (Å²) in [6.45, 7) is 7.14. The number of hydrogen-bond donors (Lipinski definition) is 1. The molecule has 0 aromatic heterocycles. The number of anilines is 1. The van der Waals surface area contributed by atoms with Crippen LogP contribution in [0.2, 0.25) is 0 Å². The predicted molar refractivity (Wildman–Crippen MR) is 88.1 cm³/mol. The number of nitrogens with two attached hydrogens (primary N) is 1. The molecule has 0 radical (unpaired) electrons. The number of carbonyl (C=O) groups excluding carboxylic acids is 1. The van der Waals surface area contributed by atoms with Gasteiger partial charge in [0.2, 0.25) is 5.91 Å². The molecule has 6 heteroatoms. The summed E-state index contributed by atoms with van der Waals surface area (Å²) < 4.78 is 0. The number of para-hydroxylation sites is 1. The summed E-state index contributed by atoms with van der Waals surface area (Å²) in [5.41, 5.74) is 8.18. The number of hydrogen-bond acceptors (Lipinski definition) is 3. The van der Waals surface area contributed by atoms with Gasteiger partial charge in [-0.1, -0.05) is 18.2 Å². The fourth-order valence-electron chi connectivity index (χ4n) is 2.37. The van der Waals surface area contributed by atoms with Crippen molar-refractivity contribution in [2.45, 2.75) is 19.9 Å². The number of carbonyl (C=O) groups is 1. The van der Waals surface area contributed by atoms with Gasteiger partial charge in [0.15, 0.2) is 0 Å². The first-order chi connectivity index (χ1) is 8.59. The molecule has 4 nitrogen and oxygen atoms in total. The second-order valence-electron chi connectivity index (χ2n) is 4.89. The van der Waals surface area contributed by atoms with E-state index in [4.69, 9.17) is 5.73 Å². The van der Waals surface area contributed by atoms with Crippen LogP contribution in [0.5, 0.6) is 0 Å². The van der Waals surface area contributed by atoms with Crippen molar-refractivity contribution in [2.75, 3.05) is 31.1 Å². The molecule has 0 bridgehead atoms. The monoisotopic (exact) mass is 319 g/mol. The molecule has 2 rings (SSSR count). The van der Waals surface area contributed by atoms with Crippen LogP contribution in [0.4, 0.5) is 5.69 Å². The predicted octanol–water partition coefficient (Wildman–Crippen LogP) is 1.83.